The van der Waals surface area contributed by atoms with E-state index in [0.29, 0.717) is 6.07 Å². The number of pyridine rings is 1. The summed E-state index contributed by atoms with van der Waals surface area (Å²) in [6.07, 6.45) is -3.41. The normalized spacial score (nSPS) is 10.6. The number of hydrogen-bond acceptors (Lipinski definition) is 3. The largest absolute Gasteiger partial charge is 0.469 e. The third-order valence-corrected chi connectivity index (χ3v) is 2.09. The highest BCUT2D eigenvalue weighted by Gasteiger charge is 2.20. The maximum Gasteiger partial charge on any atom is 0.311 e. The number of hydrogen-bond donors (Lipinski definition) is 0. The number of alkyl halides is 2. The molecule has 0 spiro atoms. The van der Waals surface area contributed by atoms with Gasteiger partial charge in [0.15, 0.2) is 11.0 Å². The van der Waals surface area contributed by atoms with Gasteiger partial charge in [0.1, 0.15) is 0 Å². The Bertz CT molecular complexity index is 412. The molecular weight excluding hydrogens is 247 g/mol. The van der Waals surface area contributed by atoms with Crippen molar-refractivity contribution in [2.75, 3.05) is 7.11 Å². The Labute approximate surface area is 94.2 Å². The van der Waals surface area contributed by atoms with E-state index in [-0.39, 0.29) is 5.69 Å². The fourth-order valence-electron chi connectivity index (χ4n) is 1.06. The molecular formula is C9H7ClF3NO2. The number of esters is 1. The number of rotatable bonds is 3. The van der Waals surface area contributed by atoms with E-state index in [1.807, 2.05) is 0 Å². The van der Waals surface area contributed by atoms with E-state index in [1.54, 1.807) is 0 Å². The molecule has 0 fully saturated rings. The Morgan fingerprint density at radius 3 is 2.75 bits per heavy atom. The van der Waals surface area contributed by atoms with Gasteiger partial charge in [-0.1, -0.05) is 11.6 Å². The second kappa shape index (κ2) is 5.16. The minimum atomic E-state index is -2.93. The molecule has 0 aliphatic rings. The van der Waals surface area contributed by atoms with E-state index in [4.69, 9.17) is 11.6 Å². The lowest BCUT2D eigenvalue weighted by atomic mass is 10.1. The minimum Gasteiger partial charge on any atom is -0.469 e. The molecule has 0 saturated carbocycles. The predicted octanol–water partition coefficient (Wildman–Crippen LogP) is 2.53. The molecule has 1 aromatic rings. The number of carbonyl (C=O) groups excluding carboxylic acids is 1. The zero-order valence-electron chi connectivity index (χ0n) is 8.14. The summed E-state index contributed by atoms with van der Waals surface area (Å²) in [5, 5.41) is -0.552. The quantitative estimate of drug-likeness (QED) is 0.614. The monoisotopic (exact) mass is 253 g/mol. The van der Waals surface area contributed by atoms with Crippen LogP contribution in [0.5, 0.6) is 0 Å². The highest BCUT2D eigenvalue weighted by Crippen LogP contribution is 2.25. The summed E-state index contributed by atoms with van der Waals surface area (Å²) in [4.78, 5) is 14.3. The molecule has 1 rings (SSSR count). The summed E-state index contributed by atoms with van der Waals surface area (Å²) in [7, 11) is 1.11. The standard InChI is InChI=1S/C9H7ClF3NO2/c1-16-7(15)3-6-4(9(12)13)2-5(11)8(10)14-6/h2,9H,3H2,1H3. The van der Waals surface area contributed by atoms with Crippen LogP contribution < -0.4 is 0 Å². The summed E-state index contributed by atoms with van der Waals surface area (Å²) in [5.41, 5.74) is -0.944. The van der Waals surface area contributed by atoms with Gasteiger partial charge < -0.3 is 4.74 Å². The molecule has 1 heterocycles. The number of halogens is 4. The lowest BCUT2D eigenvalue weighted by Crippen LogP contribution is -2.10. The van der Waals surface area contributed by atoms with Gasteiger partial charge in [-0.25, -0.2) is 18.2 Å². The zero-order valence-corrected chi connectivity index (χ0v) is 8.89. The van der Waals surface area contributed by atoms with Gasteiger partial charge in [0.25, 0.3) is 6.43 Å². The molecule has 0 amide bonds. The van der Waals surface area contributed by atoms with Gasteiger partial charge in [-0.15, -0.1) is 0 Å². The van der Waals surface area contributed by atoms with Crippen LogP contribution in [0.4, 0.5) is 13.2 Å². The van der Waals surface area contributed by atoms with E-state index in [9.17, 15) is 18.0 Å². The Balaban J connectivity index is 3.14. The molecule has 7 heteroatoms. The van der Waals surface area contributed by atoms with E-state index in [0.717, 1.165) is 7.11 Å². The maximum atomic E-state index is 12.9. The van der Waals surface area contributed by atoms with E-state index in [2.05, 4.69) is 9.72 Å². The van der Waals surface area contributed by atoms with E-state index >= 15 is 0 Å². The van der Waals surface area contributed by atoms with Crippen LogP contribution in [0.1, 0.15) is 17.7 Å². The molecule has 0 radical (unpaired) electrons. The molecule has 0 N–H and O–H groups in total. The molecule has 0 bridgehead atoms. The van der Waals surface area contributed by atoms with Crippen molar-refractivity contribution in [2.24, 2.45) is 0 Å². The van der Waals surface area contributed by atoms with E-state index < -0.39 is 35.3 Å². The predicted molar refractivity (Wildman–Crippen MR) is 49.9 cm³/mol. The van der Waals surface area contributed by atoms with E-state index in [1.165, 1.54) is 0 Å². The molecule has 1 aromatic heterocycles. The maximum absolute atomic E-state index is 12.9. The Kier molecular flexibility index (Phi) is 4.12. The third kappa shape index (κ3) is 2.85. The molecule has 0 aliphatic heterocycles. The molecule has 0 atom stereocenters. The van der Waals surface area contributed by atoms with Crippen LogP contribution >= 0.6 is 11.6 Å². The van der Waals surface area contributed by atoms with Gasteiger partial charge >= 0.3 is 5.97 Å². The molecule has 0 unspecified atom stereocenters. The topological polar surface area (TPSA) is 39.2 Å². The Morgan fingerprint density at radius 2 is 2.25 bits per heavy atom. The molecule has 88 valence electrons. The SMILES string of the molecule is COC(=O)Cc1nc(Cl)c(F)cc1C(F)F. The van der Waals surface area contributed by atoms with Gasteiger partial charge in [-0.3, -0.25) is 4.79 Å². The van der Waals surface area contributed by atoms with Crippen LogP contribution in [0.2, 0.25) is 5.15 Å². The number of carbonyl (C=O) groups is 1. The summed E-state index contributed by atoms with van der Waals surface area (Å²) in [6, 6.07) is 0.568. The average Bonchev–Trinajstić information content (AvgIpc) is 2.22. The first-order chi connectivity index (χ1) is 7.45. The van der Waals surface area contributed by atoms with Crippen molar-refractivity contribution in [1.82, 2.24) is 4.98 Å². The highest BCUT2D eigenvalue weighted by molar-refractivity contribution is 6.29. The van der Waals surface area contributed by atoms with Gasteiger partial charge in [0.05, 0.1) is 19.2 Å². The number of aromatic nitrogens is 1. The lowest BCUT2D eigenvalue weighted by Gasteiger charge is -2.07. The van der Waals surface area contributed by atoms with Crippen LogP contribution in [0.3, 0.4) is 0 Å². The van der Waals surface area contributed by atoms with Gasteiger partial charge in [-0.2, -0.15) is 0 Å². The minimum absolute atomic E-state index is 0.284. The highest BCUT2D eigenvalue weighted by atomic mass is 35.5. The van der Waals surface area contributed by atoms with Crippen LogP contribution in [-0.2, 0) is 16.0 Å². The van der Waals surface area contributed by atoms with Crippen LogP contribution in [-0.4, -0.2) is 18.1 Å². The van der Waals surface area contributed by atoms with Gasteiger partial charge in [0.2, 0.25) is 0 Å². The fraction of sp³-hybridized carbons (Fsp3) is 0.333. The van der Waals surface area contributed by atoms with Gasteiger partial charge in [0, 0.05) is 5.56 Å². The number of nitrogens with zero attached hydrogens (tertiary/aromatic N) is 1. The summed E-state index contributed by atoms with van der Waals surface area (Å²) in [6.45, 7) is 0. The van der Waals surface area contributed by atoms with Crippen molar-refractivity contribution in [2.45, 2.75) is 12.8 Å². The second-order valence-corrected chi connectivity index (χ2v) is 3.21. The average molecular weight is 254 g/mol. The first-order valence-electron chi connectivity index (χ1n) is 4.15. The molecule has 0 saturated heterocycles. The number of methoxy groups -OCH3 is 1. The number of ether oxygens (including phenoxy) is 1. The van der Waals surface area contributed by atoms with Crippen molar-refractivity contribution < 1.29 is 22.7 Å². The van der Waals surface area contributed by atoms with Crippen molar-refractivity contribution in [3.05, 3.63) is 28.3 Å². The summed E-state index contributed by atoms with van der Waals surface area (Å²) >= 11 is 5.33. The smallest absolute Gasteiger partial charge is 0.311 e. The zero-order chi connectivity index (χ0) is 12.3. The summed E-state index contributed by atoms with van der Waals surface area (Å²) < 4.78 is 42.2. The summed E-state index contributed by atoms with van der Waals surface area (Å²) in [5.74, 6) is -1.80. The molecule has 3 nitrogen and oxygen atoms in total. The van der Waals surface area contributed by atoms with Crippen molar-refractivity contribution in [1.29, 1.82) is 0 Å². The van der Waals surface area contributed by atoms with Gasteiger partial charge in [-0.05, 0) is 6.07 Å². The second-order valence-electron chi connectivity index (χ2n) is 2.85. The lowest BCUT2D eigenvalue weighted by molar-refractivity contribution is -0.139. The molecule has 16 heavy (non-hydrogen) atoms. The third-order valence-electron chi connectivity index (χ3n) is 1.82. The first kappa shape index (κ1) is 12.8. The van der Waals surface area contributed by atoms with Crippen molar-refractivity contribution in [3.8, 4) is 0 Å². The van der Waals surface area contributed by atoms with Crippen molar-refractivity contribution >= 4 is 17.6 Å². The molecule has 0 aliphatic carbocycles. The van der Waals surface area contributed by atoms with Crippen LogP contribution in [0, 0.1) is 5.82 Å². The molecule has 0 aromatic carbocycles. The van der Waals surface area contributed by atoms with Crippen LogP contribution in [0.25, 0.3) is 0 Å². The van der Waals surface area contributed by atoms with Crippen LogP contribution in [0.15, 0.2) is 6.07 Å². The first-order valence-corrected chi connectivity index (χ1v) is 4.53. The Hall–Kier alpha value is -1.30. The van der Waals surface area contributed by atoms with Crippen molar-refractivity contribution in [3.63, 3.8) is 0 Å². The fourth-order valence-corrected chi connectivity index (χ4v) is 1.21. The Morgan fingerprint density at radius 1 is 1.62 bits per heavy atom.